The monoisotopic (exact) mass is 415 g/mol. The average molecular weight is 417 g/mol. The van der Waals surface area contributed by atoms with Gasteiger partial charge in [0.15, 0.2) is 0 Å². The molecule has 0 saturated carbocycles. The number of carboxylic acid groups (broad SMARTS) is 1. The van der Waals surface area contributed by atoms with Crippen molar-refractivity contribution in [2.45, 2.75) is 0 Å². The Labute approximate surface area is 136 Å². The SMILES string of the molecule is O=C(Nc1cc(Br)ccc1C(=O)O)c1ccc(Br)c(F)c1. The fourth-order valence-corrected chi connectivity index (χ4v) is 2.25. The number of carbonyl (C=O) groups excluding carboxylic acids is 1. The van der Waals surface area contributed by atoms with Crippen LogP contribution in [0.4, 0.5) is 10.1 Å². The number of rotatable bonds is 3. The Hall–Kier alpha value is -1.73. The van der Waals surface area contributed by atoms with Gasteiger partial charge in [0.05, 0.1) is 15.7 Å². The Morgan fingerprint density at radius 2 is 1.81 bits per heavy atom. The van der Waals surface area contributed by atoms with Gasteiger partial charge in [0.2, 0.25) is 0 Å². The van der Waals surface area contributed by atoms with E-state index >= 15 is 0 Å². The van der Waals surface area contributed by atoms with Crippen molar-refractivity contribution in [2.24, 2.45) is 0 Å². The average Bonchev–Trinajstić information content (AvgIpc) is 2.41. The first-order valence-corrected chi connectivity index (χ1v) is 7.26. The van der Waals surface area contributed by atoms with Crippen LogP contribution in [0.25, 0.3) is 0 Å². The molecule has 0 aliphatic heterocycles. The van der Waals surface area contributed by atoms with E-state index in [-0.39, 0.29) is 21.3 Å². The summed E-state index contributed by atoms with van der Waals surface area (Å²) in [6, 6.07) is 8.29. The fraction of sp³-hybridized carbons (Fsp3) is 0. The molecule has 1 amide bonds. The number of benzene rings is 2. The van der Waals surface area contributed by atoms with Gasteiger partial charge in [0, 0.05) is 10.0 Å². The summed E-state index contributed by atoms with van der Waals surface area (Å²) >= 11 is 6.20. The van der Waals surface area contributed by atoms with E-state index in [9.17, 15) is 14.0 Å². The maximum Gasteiger partial charge on any atom is 0.337 e. The minimum absolute atomic E-state index is 0.0517. The Balaban J connectivity index is 2.33. The lowest BCUT2D eigenvalue weighted by atomic mass is 10.1. The molecule has 21 heavy (non-hydrogen) atoms. The molecule has 0 bridgehead atoms. The van der Waals surface area contributed by atoms with Gasteiger partial charge in [-0.1, -0.05) is 15.9 Å². The van der Waals surface area contributed by atoms with Crippen LogP contribution in [0.3, 0.4) is 0 Å². The molecule has 0 spiro atoms. The molecule has 0 radical (unpaired) electrons. The molecule has 0 saturated heterocycles. The molecule has 4 nitrogen and oxygen atoms in total. The predicted molar refractivity (Wildman–Crippen MR) is 83.2 cm³/mol. The molecule has 0 aliphatic rings. The van der Waals surface area contributed by atoms with Gasteiger partial charge in [-0.25, -0.2) is 9.18 Å². The second-order valence-electron chi connectivity index (χ2n) is 4.08. The zero-order valence-electron chi connectivity index (χ0n) is 10.4. The highest BCUT2D eigenvalue weighted by molar-refractivity contribution is 9.10. The highest BCUT2D eigenvalue weighted by Crippen LogP contribution is 2.23. The zero-order valence-corrected chi connectivity index (χ0v) is 13.5. The molecule has 2 aromatic rings. The standard InChI is InChI=1S/C14H8Br2FNO3/c15-8-2-3-9(14(20)21)12(6-8)18-13(19)7-1-4-10(16)11(17)5-7/h1-6H,(H,18,19)(H,20,21). The van der Waals surface area contributed by atoms with E-state index in [1.54, 1.807) is 6.07 Å². The van der Waals surface area contributed by atoms with Crippen LogP contribution in [0.15, 0.2) is 45.3 Å². The number of hydrogen-bond acceptors (Lipinski definition) is 2. The summed E-state index contributed by atoms with van der Waals surface area (Å²) in [5, 5.41) is 11.6. The van der Waals surface area contributed by atoms with Crippen molar-refractivity contribution in [3.05, 3.63) is 62.3 Å². The molecule has 0 aliphatic carbocycles. The minimum atomic E-state index is -1.17. The number of anilines is 1. The summed E-state index contributed by atoms with van der Waals surface area (Å²) in [7, 11) is 0. The molecule has 0 heterocycles. The van der Waals surface area contributed by atoms with Crippen molar-refractivity contribution in [3.63, 3.8) is 0 Å². The van der Waals surface area contributed by atoms with Crippen molar-refractivity contribution in [3.8, 4) is 0 Å². The number of amides is 1. The molecule has 0 aromatic heterocycles. The molecule has 0 atom stereocenters. The Bertz CT molecular complexity index is 734. The van der Waals surface area contributed by atoms with E-state index in [2.05, 4.69) is 37.2 Å². The number of nitrogens with one attached hydrogen (secondary N) is 1. The molecule has 7 heteroatoms. The molecule has 2 aromatic carbocycles. The van der Waals surface area contributed by atoms with Gasteiger partial charge in [-0.05, 0) is 52.3 Å². The van der Waals surface area contributed by atoms with Gasteiger partial charge in [0.1, 0.15) is 5.82 Å². The van der Waals surface area contributed by atoms with Crippen LogP contribution >= 0.6 is 31.9 Å². The lowest BCUT2D eigenvalue weighted by molar-refractivity contribution is 0.0698. The minimum Gasteiger partial charge on any atom is -0.478 e. The fourth-order valence-electron chi connectivity index (χ4n) is 1.64. The maximum absolute atomic E-state index is 13.4. The number of carbonyl (C=O) groups is 2. The van der Waals surface area contributed by atoms with Gasteiger partial charge >= 0.3 is 5.97 Å². The Morgan fingerprint density at radius 1 is 1.10 bits per heavy atom. The molecular weight excluding hydrogens is 409 g/mol. The Morgan fingerprint density at radius 3 is 2.43 bits per heavy atom. The van der Waals surface area contributed by atoms with Gasteiger partial charge < -0.3 is 10.4 Å². The lowest BCUT2D eigenvalue weighted by Gasteiger charge is -2.09. The van der Waals surface area contributed by atoms with E-state index in [1.807, 2.05) is 0 Å². The summed E-state index contributed by atoms with van der Waals surface area (Å²) in [5.74, 6) is -2.34. The third-order valence-corrected chi connectivity index (χ3v) is 3.78. The molecule has 108 valence electrons. The predicted octanol–water partition coefficient (Wildman–Crippen LogP) is 4.30. The lowest BCUT2D eigenvalue weighted by Crippen LogP contribution is -2.15. The van der Waals surface area contributed by atoms with Gasteiger partial charge in [-0.3, -0.25) is 4.79 Å². The van der Waals surface area contributed by atoms with Crippen molar-refractivity contribution >= 4 is 49.4 Å². The topological polar surface area (TPSA) is 66.4 Å². The molecular formula is C14H8Br2FNO3. The van der Waals surface area contributed by atoms with E-state index in [1.165, 1.54) is 24.3 Å². The number of carboxylic acids is 1. The van der Waals surface area contributed by atoms with Crippen LogP contribution in [-0.2, 0) is 0 Å². The third kappa shape index (κ3) is 3.68. The first-order chi connectivity index (χ1) is 9.88. The van der Waals surface area contributed by atoms with Gasteiger partial charge in [-0.2, -0.15) is 0 Å². The van der Waals surface area contributed by atoms with Crippen molar-refractivity contribution in [1.29, 1.82) is 0 Å². The number of aromatic carboxylic acids is 1. The van der Waals surface area contributed by atoms with Crippen LogP contribution in [-0.4, -0.2) is 17.0 Å². The first-order valence-electron chi connectivity index (χ1n) is 5.67. The van der Waals surface area contributed by atoms with E-state index < -0.39 is 17.7 Å². The second-order valence-corrected chi connectivity index (χ2v) is 5.85. The van der Waals surface area contributed by atoms with Crippen molar-refractivity contribution in [2.75, 3.05) is 5.32 Å². The van der Waals surface area contributed by atoms with Crippen LogP contribution < -0.4 is 5.32 Å². The smallest absolute Gasteiger partial charge is 0.337 e. The van der Waals surface area contributed by atoms with E-state index in [4.69, 9.17) is 5.11 Å². The van der Waals surface area contributed by atoms with Gasteiger partial charge in [0.25, 0.3) is 5.91 Å². The molecule has 0 unspecified atom stereocenters. The zero-order chi connectivity index (χ0) is 15.6. The first kappa shape index (κ1) is 15.7. The molecule has 0 fully saturated rings. The van der Waals surface area contributed by atoms with E-state index in [0.29, 0.717) is 4.47 Å². The highest BCUT2D eigenvalue weighted by Gasteiger charge is 2.15. The quantitative estimate of drug-likeness (QED) is 0.783. The second kappa shape index (κ2) is 6.36. The van der Waals surface area contributed by atoms with Crippen LogP contribution in [0.5, 0.6) is 0 Å². The summed E-state index contributed by atoms with van der Waals surface area (Å²) in [6.07, 6.45) is 0. The summed E-state index contributed by atoms with van der Waals surface area (Å²) in [6.45, 7) is 0. The largest absolute Gasteiger partial charge is 0.478 e. The van der Waals surface area contributed by atoms with E-state index in [0.717, 1.165) is 6.07 Å². The highest BCUT2D eigenvalue weighted by atomic mass is 79.9. The number of halogens is 3. The van der Waals surface area contributed by atoms with Gasteiger partial charge in [-0.15, -0.1) is 0 Å². The normalized spacial score (nSPS) is 10.2. The summed E-state index contributed by atoms with van der Waals surface area (Å²) < 4.78 is 14.3. The summed E-state index contributed by atoms with van der Waals surface area (Å²) in [5.41, 5.74) is 0.168. The Kier molecular flexibility index (Phi) is 4.74. The summed E-state index contributed by atoms with van der Waals surface area (Å²) in [4.78, 5) is 23.2. The molecule has 2 rings (SSSR count). The van der Waals surface area contributed by atoms with Crippen LogP contribution in [0, 0.1) is 5.82 Å². The van der Waals surface area contributed by atoms with Crippen LogP contribution in [0.2, 0.25) is 0 Å². The number of hydrogen-bond donors (Lipinski definition) is 2. The van der Waals surface area contributed by atoms with Crippen molar-refractivity contribution < 1.29 is 19.1 Å². The maximum atomic E-state index is 13.4. The molecule has 2 N–H and O–H groups in total. The van der Waals surface area contributed by atoms with Crippen LogP contribution in [0.1, 0.15) is 20.7 Å². The van der Waals surface area contributed by atoms with Crippen molar-refractivity contribution in [1.82, 2.24) is 0 Å². The third-order valence-electron chi connectivity index (χ3n) is 2.64.